The first kappa shape index (κ1) is 25.4. The van der Waals surface area contributed by atoms with Crippen LogP contribution in [0.25, 0.3) is 11.1 Å². The molecule has 0 radical (unpaired) electrons. The highest BCUT2D eigenvalue weighted by Crippen LogP contribution is 2.49. The van der Waals surface area contributed by atoms with Gasteiger partial charge in [-0.2, -0.15) is 0 Å². The molecule has 1 fully saturated rings. The van der Waals surface area contributed by atoms with Crippen LogP contribution < -0.4 is 15.6 Å². The van der Waals surface area contributed by atoms with Crippen LogP contribution in [0, 0.1) is 11.6 Å². The van der Waals surface area contributed by atoms with Gasteiger partial charge in [-0.3, -0.25) is 9.59 Å². The van der Waals surface area contributed by atoms with Crippen LogP contribution in [0.4, 0.5) is 14.5 Å². The second kappa shape index (κ2) is 10.6. The van der Waals surface area contributed by atoms with E-state index in [1.807, 2.05) is 37.3 Å². The lowest BCUT2D eigenvalue weighted by Gasteiger charge is -2.19. The molecule has 1 aromatic heterocycles. The van der Waals surface area contributed by atoms with Crippen molar-refractivity contribution in [3.63, 3.8) is 0 Å². The Labute approximate surface area is 218 Å². The zero-order valence-corrected chi connectivity index (χ0v) is 20.7. The zero-order valence-electron chi connectivity index (χ0n) is 20.7. The molecule has 5 rings (SSSR count). The predicted molar refractivity (Wildman–Crippen MR) is 140 cm³/mol. The molecule has 194 valence electrons. The van der Waals surface area contributed by atoms with E-state index in [2.05, 4.69) is 10.3 Å². The highest BCUT2D eigenvalue weighted by molar-refractivity contribution is 6.02. The molecule has 4 aromatic rings. The van der Waals surface area contributed by atoms with E-state index in [0.29, 0.717) is 29.0 Å². The van der Waals surface area contributed by atoms with E-state index < -0.39 is 17.0 Å². The second-order valence-electron chi connectivity index (χ2n) is 9.16. The molecule has 0 spiro atoms. The quantitative estimate of drug-likeness (QED) is 0.273. The first-order chi connectivity index (χ1) is 18.4. The Hall–Kier alpha value is -4.30. The first-order valence-electron chi connectivity index (χ1n) is 12.3. The lowest BCUT2D eigenvalue weighted by Crippen LogP contribution is -2.27. The average molecular weight is 517 g/mol. The van der Waals surface area contributed by atoms with Crippen molar-refractivity contribution in [1.29, 1.82) is 0 Å². The van der Waals surface area contributed by atoms with Gasteiger partial charge >= 0.3 is 0 Å². The van der Waals surface area contributed by atoms with Crippen LogP contribution in [-0.2, 0) is 21.6 Å². The molecule has 0 saturated heterocycles. The van der Waals surface area contributed by atoms with Crippen LogP contribution in [0.2, 0.25) is 0 Å². The molecule has 1 saturated carbocycles. The number of aromatic nitrogens is 1. The van der Waals surface area contributed by atoms with Crippen molar-refractivity contribution in [3.8, 4) is 22.6 Å². The minimum absolute atomic E-state index is 0.121. The highest BCUT2D eigenvalue weighted by atomic mass is 19.1. The van der Waals surface area contributed by atoms with Crippen molar-refractivity contribution < 1.29 is 23.0 Å². The molecule has 0 aliphatic heterocycles. The molecule has 0 bridgehead atoms. The maximum Gasteiger partial charge on any atom is 0.248 e. The number of anilines is 1. The molecule has 8 heteroatoms. The number of benzene rings is 3. The molecule has 6 nitrogen and oxygen atoms in total. The number of halogens is 2. The van der Waals surface area contributed by atoms with Gasteiger partial charge < -0.3 is 19.8 Å². The zero-order chi connectivity index (χ0) is 26.7. The number of hydrogen-bond donors (Lipinski definition) is 2. The number of rotatable bonds is 9. The molecule has 0 unspecified atom stereocenters. The third-order valence-electron chi connectivity index (χ3n) is 6.62. The van der Waals surface area contributed by atoms with Crippen LogP contribution in [0.5, 0.6) is 11.5 Å². The van der Waals surface area contributed by atoms with Crippen LogP contribution in [0.3, 0.4) is 0 Å². The summed E-state index contributed by atoms with van der Waals surface area (Å²) in [5.74, 6) is -1.62. The summed E-state index contributed by atoms with van der Waals surface area (Å²) < 4.78 is 39.3. The molecule has 0 atom stereocenters. The van der Waals surface area contributed by atoms with Crippen LogP contribution in [0.15, 0.2) is 83.8 Å². The van der Waals surface area contributed by atoms with Gasteiger partial charge in [-0.1, -0.05) is 30.3 Å². The van der Waals surface area contributed by atoms with E-state index in [1.165, 1.54) is 18.3 Å². The predicted octanol–water partition coefficient (Wildman–Crippen LogP) is 6.32. The van der Waals surface area contributed by atoms with Crippen molar-refractivity contribution in [3.05, 3.63) is 112 Å². The monoisotopic (exact) mass is 516 g/mol. The first-order valence-corrected chi connectivity index (χ1v) is 12.3. The van der Waals surface area contributed by atoms with Gasteiger partial charge in [0.05, 0.1) is 12.0 Å². The number of hydrogen-bond acceptors (Lipinski definition) is 4. The van der Waals surface area contributed by atoms with Gasteiger partial charge in [-0.15, -0.1) is 0 Å². The van der Waals surface area contributed by atoms with Crippen molar-refractivity contribution in [2.24, 2.45) is 0 Å². The summed E-state index contributed by atoms with van der Waals surface area (Å²) in [5.41, 5.74) is 2.24. The van der Waals surface area contributed by atoms with Crippen LogP contribution >= 0.6 is 0 Å². The molecule has 38 heavy (non-hydrogen) atoms. The molecule has 2 N–H and O–H groups in total. The number of pyridine rings is 1. The van der Waals surface area contributed by atoms with Crippen LogP contribution in [0.1, 0.15) is 30.9 Å². The molecule has 1 aliphatic carbocycles. The third-order valence-corrected chi connectivity index (χ3v) is 6.62. The second-order valence-corrected chi connectivity index (χ2v) is 9.16. The van der Waals surface area contributed by atoms with Gasteiger partial charge in [0, 0.05) is 41.8 Å². The Bertz CT molecular complexity index is 1530. The van der Waals surface area contributed by atoms with Gasteiger partial charge in [-0.25, -0.2) is 8.78 Å². The molecular formula is C30H26F2N2O4. The van der Waals surface area contributed by atoms with Gasteiger partial charge in [0.2, 0.25) is 11.5 Å². The van der Waals surface area contributed by atoms with Crippen LogP contribution in [-0.4, -0.2) is 17.5 Å². The Balaban J connectivity index is 1.54. The Morgan fingerprint density at radius 2 is 1.74 bits per heavy atom. The molecule has 1 amide bonds. The maximum atomic E-state index is 14.4. The summed E-state index contributed by atoms with van der Waals surface area (Å²) in [6.45, 7) is 2.44. The number of nitrogens with one attached hydrogen (secondary N) is 2. The van der Waals surface area contributed by atoms with Gasteiger partial charge in [0.15, 0.2) is 11.6 Å². The fourth-order valence-corrected chi connectivity index (χ4v) is 4.46. The van der Waals surface area contributed by atoms with Gasteiger partial charge in [0.1, 0.15) is 11.6 Å². The van der Waals surface area contributed by atoms with Crippen molar-refractivity contribution in [2.45, 2.75) is 31.8 Å². The van der Waals surface area contributed by atoms with E-state index in [-0.39, 0.29) is 29.6 Å². The molecular weight excluding hydrogens is 490 g/mol. The maximum absolute atomic E-state index is 14.4. The summed E-state index contributed by atoms with van der Waals surface area (Å²) in [7, 11) is 0. The Kier molecular flexibility index (Phi) is 7.07. The lowest BCUT2D eigenvalue weighted by atomic mass is 9.94. The largest absolute Gasteiger partial charge is 0.454 e. The van der Waals surface area contributed by atoms with E-state index >= 15 is 0 Å². The lowest BCUT2D eigenvalue weighted by molar-refractivity contribution is -0.118. The van der Waals surface area contributed by atoms with Gasteiger partial charge in [-0.05, 0) is 61.2 Å². The number of carbonyl (C=O) groups is 1. The topological polar surface area (TPSA) is 80.4 Å². The summed E-state index contributed by atoms with van der Waals surface area (Å²) >= 11 is 0. The smallest absolute Gasteiger partial charge is 0.248 e. The SMILES string of the molecule is CCOCc1cc(=O)[nH]cc1-c1cc(NC(=O)C2(c3ccccc3)CC2)ccc1Oc1ccc(F)cc1F. The van der Waals surface area contributed by atoms with Crippen molar-refractivity contribution >= 4 is 11.6 Å². The molecule has 1 heterocycles. The fourth-order valence-electron chi connectivity index (χ4n) is 4.46. The third kappa shape index (κ3) is 5.21. The normalized spacial score (nSPS) is 13.7. The summed E-state index contributed by atoms with van der Waals surface area (Å²) in [6, 6.07) is 19.1. The van der Waals surface area contributed by atoms with Gasteiger partial charge in [0.25, 0.3) is 0 Å². The molecule has 1 aliphatic rings. The Morgan fingerprint density at radius 3 is 2.45 bits per heavy atom. The van der Waals surface area contributed by atoms with E-state index in [9.17, 15) is 18.4 Å². The van der Waals surface area contributed by atoms with E-state index in [4.69, 9.17) is 9.47 Å². The van der Waals surface area contributed by atoms with Crippen molar-refractivity contribution in [1.82, 2.24) is 4.98 Å². The van der Waals surface area contributed by atoms with E-state index in [1.54, 1.807) is 18.2 Å². The highest BCUT2D eigenvalue weighted by Gasteiger charge is 2.51. The number of carbonyl (C=O) groups excluding carboxylic acids is 1. The average Bonchev–Trinajstić information content (AvgIpc) is 3.73. The summed E-state index contributed by atoms with van der Waals surface area (Å²) in [4.78, 5) is 28.1. The minimum atomic E-state index is -0.858. The summed E-state index contributed by atoms with van der Waals surface area (Å²) in [6.07, 6.45) is 3.02. The standard InChI is InChI=1S/C30H26F2N2O4/c1-2-37-18-19-14-28(35)33-17-24(19)23-16-22(9-11-26(23)38-27-10-8-21(31)15-25(27)32)34-29(36)30(12-13-30)20-6-4-3-5-7-20/h3-11,14-17H,2,12-13,18H2,1H3,(H,33,35)(H,34,36). The summed E-state index contributed by atoms with van der Waals surface area (Å²) in [5, 5.41) is 3.02. The number of amides is 1. The number of ether oxygens (including phenoxy) is 2. The van der Waals surface area contributed by atoms with E-state index in [0.717, 1.165) is 30.5 Å². The minimum Gasteiger partial charge on any atom is -0.454 e. The number of H-pyrrole nitrogens is 1. The van der Waals surface area contributed by atoms with Crippen molar-refractivity contribution in [2.75, 3.05) is 11.9 Å². The Morgan fingerprint density at radius 1 is 0.974 bits per heavy atom. The number of aromatic amines is 1. The molecule has 3 aromatic carbocycles. The fraction of sp³-hybridized carbons (Fsp3) is 0.200.